The van der Waals surface area contributed by atoms with E-state index in [4.69, 9.17) is 9.47 Å². The first-order valence-corrected chi connectivity index (χ1v) is 11.2. The van der Waals surface area contributed by atoms with Gasteiger partial charge in [-0.15, -0.1) is 10.2 Å². The van der Waals surface area contributed by atoms with Crippen LogP contribution in [0.2, 0.25) is 0 Å². The van der Waals surface area contributed by atoms with Gasteiger partial charge in [-0.05, 0) is 36.2 Å². The van der Waals surface area contributed by atoms with Gasteiger partial charge in [-0.25, -0.2) is 4.98 Å². The van der Waals surface area contributed by atoms with Crippen molar-refractivity contribution < 1.29 is 9.47 Å². The van der Waals surface area contributed by atoms with Gasteiger partial charge in [0.1, 0.15) is 5.82 Å². The van der Waals surface area contributed by atoms with Crippen LogP contribution in [0.5, 0.6) is 11.5 Å². The summed E-state index contributed by atoms with van der Waals surface area (Å²) in [6.45, 7) is 5.05. The molecule has 0 radical (unpaired) electrons. The number of methoxy groups -OCH3 is 2. The molecule has 0 spiro atoms. The van der Waals surface area contributed by atoms with Crippen molar-refractivity contribution in [1.82, 2.24) is 24.7 Å². The second kappa shape index (κ2) is 9.44. The zero-order valence-corrected chi connectivity index (χ0v) is 19.3. The average Bonchev–Trinajstić information content (AvgIpc) is 3.19. The monoisotopic (exact) mass is 451 g/mol. The number of H-pyrrole nitrogens is 1. The minimum absolute atomic E-state index is 0.138. The van der Waals surface area contributed by atoms with Crippen molar-refractivity contribution in [3.05, 3.63) is 58.6 Å². The van der Waals surface area contributed by atoms with Crippen molar-refractivity contribution in [3.8, 4) is 22.9 Å². The van der Waals surface area contributed by atoms with Crippen molar-refractivity contribution in [2.24, 2.45) is 5.92 Å². The van der Waals surface area contributed by atoms with E-state index in [1.54, 1.807) is 20.3 Å². The van der Waals surface area contributed by atoms with E-state index >= 15 is 0 Å². The summed E-state index contributed by atoms with van der Waals surface area (Å²) in [7, 11) is 3.22. The topological polar surface area (TPSA) is 94.9 Å². The number of aromatic nitrogens is 5. The van der Waals surface area contributed by atoms with Crippen LogP contribution < -0.4 is 15.0 Å². The first-order valence-electron chi connectivity index (χ1n) is 10.3. The van der Waals surface area contributed by atoms with E-state index in [2.05, 4.69) is 38.6 Å². The van der Waals surface area contributed by atoms with Gasteiger partial charge in [-0.1, -0.05) is 37.7 Å². The van der Waals surface area contributed by atoms with Gasteiger partial charge in [-0.2, -0.15) is 0 Å². The Kier molecular flexibility index (Phi) is 6.45. The highest BCUT2D eigenvalue weighted by atomic mass is 32.2. The molecule has 166 valence electrons. The van der Waals surface area contributed by atoms with Gasteiger partial charge in [0.2, 0.25) is 0 Å². The average molecular weight is 452 g/mol. The molecule has 0 saturated carbocycles. The Bertz CT molecular complexity index is 1300. The van der Waals surface area contributed by atoms with E-state index < -0.39 is 0 Å². The number of nitrogens with one attached hydrogen (secondary N) is 1. The molecule has 1 N–H and O–H groups in total. The molecule has 0 aliphatic carbocycles. The van der Waals surface area contributed by atoms with Crippen molar-refractivity contribution >= 4 is 22.7 Å². The molecule has 0 fully saturated rings. The summed E-state index contributed by atoms with van der Waals surface area (Å²) in [5.74, 6) is 3.51. The predicted octanol–water partition coefficient (Wildman–Crippen LogP) is 4.15. The van der Waals surface area contributed by atoms with Crippen molar-refractivity contribution in [2.45, 2.75) is 31.3 Å². The van der Waals surface area contributed by atoms with E-state index in [0.717, 1.165) is 23.1 Å². The Morgan fingerprint density at radius 2 is 1.84 bits per heavy atom. The summed E-state index contributed by atoms with van der Waals surface area (Å²) in [6.07, 6.45) is 0. The van der Waals surface area contributed by atoms with Crippen molar-refractivity contribution in [1.29, 1.82) is 0 Å². The van der Waals surface area contributed by atoms with Gasteiger partial charge in [0, 0.05) is 12.1 Å². The third-order valence-corrected chi connectivity index (χ3v) is 5.88. The molecule has 0 saturated heterocycles. The third kappa shape index (κ3) is 4.47. The van der Waals surface area contributed by atoms with Crippen LogP contribution in [0.4, 0.5) is 0 Å². The number of benzene rings is 2. The lowest BCUT2D eigenvalue weighted by molar-refractivity contribution is 0.355. The summed E-state index contributed by atoms with van der Waals surface area (Å²) < 4.78 is 12.9. The quantitative estimate of drug-likeness (QED) is 0.402. The Labute approximate surface area is 190 Å². The number of rotatable bonds is 8. The fourth-order valence-electron chi connectivity index (χ4n) is 3.45. The maximum absolute atomic E-state index is 12.4. The molecule has 4 aromatic rings. The lowest BCUT2D eigenvalue weighted by atomic mass is 10.1. The van der Waals surface area contributed by atoms with Crippen LogP contribution in [0.1, 0.15) is 19.7 Å². The third-order valence-electron chi connectivity index (χ3n) is 4.91. The maximum Gasteiger partial charge on any atom is 0.258 e. The summed E-state index contributed by atoms with van der Waals surface area (Å²) in [6, 6.07) is 13.0. The molecule has 4 rings (SSSR count). The van der Waals surface area contributed by atoms with E-state index in [1.165, 1.54) is 11.8 Å². The molecular weight excluding hydrogens is 426 g/mol. The molecule has 9 heteroatoms. The standard InChI is InChI=1S/C23H25N5O3S/c1-14(2)12-28-21(15-9-10-18(30-3)19(11-15)31-4)26-27-23(28)32-13-20-24-17-8-6-5-7-16(17)22(29)25-20/h5-11,14H,12-13H2,1-4H3,(H,24,25,29). The van der Waals surface area contributed by atoms with E-state index in [1.807, 2.05) is 36.4 Å². The lowest BCUT2D eigenvalue weighted by Gasteiger charge is -2.14. The van der Waals surface area contributed by atoms with Gasteiger partial charge in [0.05, 0.1) is 30.9 Å². The molecule has 0 aliphatic heterocycles. The molecule has 2 heterocycles. The number of fused-ring (bicyclic) bond motifs is 1. The molecule has 2 aromatic carbocycles. The van der Waals surface area contributed by atoms with E-state index in [-0.39, 0.29) is 5.56 Å². The van der Waals surface area contributed by atoms with Gasteiger partial charge < -0.3 is 19.0 Å². The molecule has 8 nitrogen and oxygen atoms in total. The minimum Gasteiger partial charge on any atom is -0.493 e. The van der Waals surface area contributed by atoms with Crippen LogP contribution >= 0.6 is 11.8 Å². The number of para-hydroxylation sites is 1. The van der Waals surface area contributed by atoms with Crippen molar-refractivity contribution in [2.75, 3.05) is 14.2 Å². The second-order valence-electron chi connectivity index (χ2n) is 7.70. The van der Waals surface area contributed by atoms with Crippen LogP contribution in [0.3, 0.4) is 0 Å². The van der Waals surface area contributed by atoms with E-state index in [0.29, 0.717) is 39.9 Å². The van der Waals surface area contributed by atoms with E-state index in [9.17, 15) is 4.79 Å². The summed E-state index contributed by atoms with van der Waals surface area (Å²) >= 11 is 1.49. The Hall–Kier alpha value is -3.33. The zero-order chi connectivity index (χ0) is 22.7. The fraction of sp³-hybridized carbons (Fsp3) is 0.304. The van der Waals surface area contributed by atoms with Crippen LogP contribution in [0.15, 0.2) is 52.4 Å². The van der Waals surface area contributed by atoms with Gasteiger partial charge in [0.25, 0.3) is 5.56 Å². The van der Waals surface area contributed by atoms with Gasteiger partial charge in [-0.3, -0.25) is 4.79 Å². The molecule has 0 unspecified atom stereocenters. The fourth-order valence-corrected chi connectivity index (χ4v) is 4.27. The minimum atomic E-state index is -0.138. The van der Waals surface area contributed by atoms with Crippen LogP contribution in [-0.4, -0.2) is 39.0 Å². The van der Waals surface area contributed by atoms with Crippen LogP contribution in [0, 0.1) is 5.92 Å². The van der Waals surface area contributed by atoms with Gasteiger partial charge in [0.15, 0.2) is 22.5 Å². The normalized spacial score (nSPS) is 11.3. The Balaban J connectivity index is 1.65. The molecular formula is C23H25N5O3S. The predicted molar refractivity (Wildman–Crippen MR) is 125 cm³/mol. The van der Waals surface area contributed by atoms with Crippen molar-refractivity contribution in [3.63, 3.8) is 0 Å². The highest BCUT2D eigenvalue weighted by Gasteiger charge is 2.18. The van der Waals surface area contributed by atoms with Crippen LogP contribution in [-0.2, 0) is 12.3 Å². The first-order chi connectivity index (χ1) is 15.5. The molecule has 0 aliphatic rings. The number of aromatic amines is 1. The second-order valence-corrected chi connectivity index (χ2v) is 8.64. The highest BCUT2D eigenvalue weighted by molar-refractivity contribution is 7.98. The zero-order valence-electron chi connectivity index (χ0n) is 18.5. The molecule has 0 bridgehead atoms. The lowest BCUT2D eigenvalue weighted by Crippen LogP contribution is -2.11. The number of hydrogen-bond donors (Lipinski definition) is 1. The molecule has 2 aromatic heterocycles. The number of hydrogen-bond acceptors (Lipinski definition) is 7. The summed E-state index contributed by atoms with van der Waals surface area (Å²) in [5.41, 5.74) is 1.43. The summed E-state index contributed by atoms with van der Waals surface area (Å²) in [5, 5.41) is 10.2. The molecule has 0 atom stereocenters. The maximum atomic E-state index is 12.4. The van der Waals surface area contributed by atoms with Crippen LogP contribution in [0.25, 0.3) is 22.3 Å². The Morgan fingerprint density at radius 3 is 2.59 bits per heavy atom. The first kappa shape index (κ1) is 21.9. The Morgan fingerprint density at radius 1 is 1.06 bits per heavy atom. The molecule has 0 amide bonds. The summed E-state index contributed by atoms with van der Waals surface area (Å²) in [4.78, 5) is 19.8. The molecule has 32 heavy (non-hydrogen) atoms. The number of ether oxygens (including phenoxy) is 2. The SMILES string of the molecule is COc1ccc(-c2nnc(SCc3nc4ccccc4c(=O)[nH]3)n2CC(C)C)cc1OC. The highest BCUT2D eigenvalue weighted by Crippen LogP contribution is 2.33. The smallest absolute Gasteiger partial charge is 0.258 e. The largest absolute Gasteiger partial charge is 0.493 e. The van der Waals surface area contributed by atoms with Gasteiger partial charge >= 0.3 is 0 Å². The number of nitrogens with zero attached hydrogens (tertiary/aromatic N) is 4. The number of thioether (sulfide) groups is 1.